The molecule has 1 saturated heterocycles. The summed E-state index contributed by atoms with van der Waals surface area (Å²) < 4.78 is 25.8. The molecule has 0 unspecified atom stereocenters. The maximum atomic E-state index is 13.3. The minimum absolute atomic E-state index is 0.310. The van der Waals surface area contributed by atoms with Crippen molar-refractivity contribution in [1.82, 2.24) is 9.78 Å². The lowest BCUT2D eigenvalue weighted by Gasteiger charge is -2.14. The number of nitrogens with zero attached hydrogens (tertiary/aromatic N) is 2. The molecule has 3 rings (SSSR count). The molecule has 0 N–H and O–H groups in total. The van der Waals surface area contributed by atoms with Crippen LogP contribution in [0, 0.1) is 5.82 Å². The normalized spacial score (nSPS) is 16.5. The molecule has 1 fully saturated rings. The van der Waals surface area contributed by atoms with Gasteiger partial charge in [-0.2, -0.15) is 5.10 Å². The molecule has 0 saturated carbocycles. The van der Waals surface area contributed by atoms with E-state index in [1.54, 1.807) is 23.1 Å². The van der Waals surface area contributed by atoms with Crippen LogP contribution in [-0.4, -0.2) is 23.0 Å². The van der Waals surface area contributed by atoms with Crippen LogP contribution in [0.1, 0.15) is 11.9 Å². The zero-order chi connectivity index (χ0) is 11.7. The van der Waals surface area contributed by atoms with E-state index < -0.39 is 6.29 Å². The average Bonchev–Trinajstić information content (AvgIpc) is 3.02. The lowest BCUT2D eigenvalue weighted by atomic mass is 10.1. The molecule has 4 nitrogen and oxygen atoms in total. The molecule has 1 aliphatic heterocycles. The van der Waals surface area contributed by atoms with Gasteiger partial charge in [-0.05, 0) is 24.3 Å². The van der Waals surface area contributed by atoms with Gasteiger partial charge in [-0.15, -0.1) is 0 Å². The minimum Gasteiger partial charge on any atom is -0.346 e. The average molecular weight is 234 g/mol. The Balaban J connectivity index is 2.07. The monoisotopic (exact) mass is 234 g/mol. The van der Waals surface area contributed by atoms with Gasteiger partial charge >= 0.3 is 0 Å². The largest absolute Gasteiger partial charge is 0.346 e. The van der Waals surface area contributed by atoms with Gasteiger partial charge in [0.15, 0.2) is 6.29 Å². The lowest BCUT2D eigenvalue weighted by Crippen LogP contribution is -2.06. The van der Waals surface area contributed by atoms with E-state index in [0.717, 1.165) is 5.69 Å². The van der Waals surface area contributed by atoms with E-state index in [1.807, 2.05) is 6.07 Å². The third kappa shape index (κ3) is 1.94. The first-order valence-corrected chi connectivity index (χ1v) is 5.37. The van der Waals surface area contributed by atoms with Crippen LogP contribution in [0.15, 0.2) is 36.7 Å². The van der Waals surface area contributed by atoms with Gasteiger partial charge in [0.1, 0.15) is 5.82 Å². The Hall–Kier alpha value is -1.72. The smallest absolute Gasteiger partial charge is 0.186 e. The zero-order valence-corrected chi connectivity index (χ0v) is 9.04. The molecule has 0 radical (unpaired) electrons. The SMILES string of the molecule is Fc1ccc(-n2cccn2)c(C2OCCO2)c1. The van der Waals surface area contributed by atoms with Crippen LogP contribution in [-0.2, 0) is 9.47 Å². The molecule has 1 aliphatic rings. The first kappa shape index (κ1) is 10.4. The van der Waals surface area contributed by atoms with Crippen LogP contribution in [0.4, 0.5) is 4.39 Å². The molecule has 1 aromatic heterocycles. The summed E-state index contributed by atoms with van der Waals surface area (Å²) in [4.78, 5) is 0. The molecule has 0 spiro atoms. The summed E-state index contributed by atoms with van der Waals surface area (Å²) in [5, 5.41) is 4.13. The molecule has 1 aromatic carbocycles. The van der Waals surface area contributed by atoms with Gasteiger partial charge in [0.05, 0.1) is 18.9 Å². The van der Waals surface area contributed by atoms with Crippen molar-refractivity contribution in [2.45, 2.75) is 6.29 Å². The molecule has 0 aliphatic carbocycles. The summed E-state index contributed by atoms with van der Waals surface area (Å²) in [6.07, 6.45) is 2.96. The van der Waals surface area contributed by atoms with Crippen molar-refractivity contribution in [2.75, 3.05) is 13.2 Å². The molecular weight excluding hydrogens is 223 g/mol. The van der Waals surface area contributed by atoms with Crippen LogP contribution in [0.2, 0.25) is 0 Å². The summed E-state index contributed by atoms with van der Waals surface area (Å²) in [7, 11) is 0. The second kappa shape index (κ2) is 4.27. The second-order valence-corrected chi connectivity index (χ2v) is 3.73. The number of aromatic nitrogens is 2. The van der Waals surface area contributed by atoms with E-state index in [9.17, 15) is 4.39 Å². The quantitative estimate of drug-likeness (QED) is 0.798. The highest BCUT2D eigenvalue weighted by molar-refractivity contribution is 5.41. The van der Waals surface area contributed by atoms with Gasteiger partial charge < -0.3 is 9.47 Å². The van der Waals surface area contributed by atoms with Gasteiger partial charge in [0, 0.05) is 18.0 Å². The maximum absolute atomic E-state index is 13.3. The number of ether oxygens (including phenoxy) is 2. The van der Waals surface area contributed by atoms with Crippen molar-refractivity contribution in [1.29, 1.82) is 0 Å². The lowest BCUT2D eigenvalue weighted by molar-refractivity contribution is -0.0443. The van der Waals surface area contributed by atoms with E-state index in [1.165, 1.54) is 12.1 Å². The maximum Gasteiger partial charge on any atom is 0.186 e. The Labute approximate surface area is 97.6 Å². The molecule has 2 aromatic rings. The van der Waals surface area contributed by atoms with Crippen LogP contribution < -0.4 is 0 Å². The molecule has 0 bridgehead atoms. The number of benzene rings is 1. The fourth-order valence-corrected chi connectivity index (χ4v) is 1.87. The minimum atomic E-state index is -0.509. The predicted octanol–water partition coefficient (Wildman–Crippen LogP) is 2.06. The van der Waals surface area contributed by atoms with Crippen LogP contribution >= 0.6 is 0 Å². The highest BCUT2D eigenvalue weighted by Crippen LogP contribution is 2.28. The summed E-state index contributed by atoms with van der Waals surface area (Å²) in [5.74, 6) is -0.310. The molecule has 5 heteroatoms. The van der Waals surface area contributed by atoms with Gasteiger partial charge in [0.25, 0.3) is 0 Å². The van der Waals surface area contributed by atoms with Gasteiger partial charge in [0.2, 0.25) is 0 Å². The summed E-state index contributed by atoms with van der Waals surface area (Å²) in [6, 6.07) is 6.30. The van der Waals surface area contributed by atoms with E-state index in [4.69, 9.17) is 9.47 Å². The molecule has 88 valence electrons. The molecule has 2 heterocycles. The van der Waals surface area contributed by atoms with Gasteiger partial charge in [-0.25, -0.2) is 9.07 Å². The van der Waals surface area contributed by atoms with Gasteiger partial charge in [-0.3, -0.25) is 0 Å². The van der Waals surface area contributed by atoms with Crippen molar-refractivity contribution in [2.24, 2.45) is 0 Å². The van der Waals surface area contributed by atoms with E-state index in [-0.39, 0.29) is 5.82 Å². The zero-order valence-electron chi connectivity index (χ0n) is 9.04. The van der Waals surface area contributed by atoms with Crippen LogP contribution in [0.5, 0.6) is 0 Å². The standard InChI is InChI=1S/C12H11FN2O2/c13-9-2-3-11(15-5-1-4-14-15)10(8-9)12-16-6-7-17-12/h1-5,8,12H,6-7H2. The van der Waals surface area contributed by atoms with Gasteiger partial charge in [-0.1, -0.05) is 0 Å². The molecular formula is C12H11FN2O2. The fourth-order valence-electron chi connectivity index (χ4n) is 1.87. The summed E-state index contributed by atoms with van der Waals surface area (Å²) in [5.41, 5.74) is 1.43. The van der Waals surface area contributed by atoms with Crippen molar-refractivity contribution < 1.29 is 13.9 Å². The number of hydrogen-bond acceptors (Lipinski definition) is 3. The van der Waals surface area contributed by atoms with Crippen LogP contribution in [0.25, 0.3) is 5.69 Å². The Morgan fingerprint density at radius 1 is 1.29 bits per heavy atom. The highest BCUT2D eigenvalue weighted by atomic mass is 19.1. The third-order valence-corrected chi connectivity index (χ3v) is 2.62. The van der Waals surface area contributed by atoms with Crippen molar-refractivity contribution >= 4 is 0 Å². The third-order valence-electron chi connectivity index (χ3n) is 2.62. The van der Waals surface area contributed by atoms with Crippen molar-refractivity contribution in [3.63, 3.8) is 0 Å². The summed E-state index contributed by atoms with van der Waals surface area (Å²) in [6.45, 7) is 1.06. The molecule has 0 amide bonds. The van der Waals surface area contributed by atoms with Crippen molar-refractivity contribution in [3.8, 4) is 5.69 Å². The number of hydrogen-bond donors (Lipinski definition) is 0. The topological polar surface area (TPSA) is 36.3 Å². The van der Waals surface area contributed by atoms with E-state index in [2.05, 4.69) is 5.10 Å². The van der Waals surface area contributed by atoms with Crippen molar-refractivity contribution in [3.05, 3.63) is 48.0 Å². The number of rotatable bonds is 2. The Morgan fingerprint density at radius 2 is 2.12 bits per heavy atom. The Bertz CT molecular complexity index is 507. The van der Waals surface area contributed by atoms with E-state index >= 15 is 0 Å². The summed E-state index contributed by atoms with van der Waals surface area (Å²) >= 11 is 0. The first-order valence-electron chi connectivity index (χ1n) is 5.37. The first-order chi connectivity index (χ1) is 8.34. The molecule has 17 heavy (non-hydrogen) atoms. The molecule has 0 atom stereocenters. The Morgan fingerprint density at radius 3 is 2.82 bits per heavy atom. The second-order valence-electron chi connectivity index (χ2n) is 3.73. The number of halogens is 1. The fraction of sp³-hybridized carbons (Fsp3) is 0.250. The van der Waals surface area contributed by atoms with E-state index in [0.29, 0.717) is 18.8 Å². The highest BCUT2D eigenvalue weighted by Gasteiger charge is 2.22. The predicted molar refractivity (Wildman–Crippen MR) is 58.2 cm³/mol. The van der Waals surface area contributed by atoms with Crippen LogP contribution in [0.3, 0.4) is 0 Å². The Kier molecular flexibility index (Phi) is 2.62.